The van der Waals surface area contributed by atoms with Crippen LogP contribution in [-0.2, 0) is 22.3 Å². The zero-order valence-electron chi connectivity index (χ0n) is 14.4. The topological polar surface area (TPSA) is 77.3 Å². The molecule has 10 heteroatoms. The van der Waals surface area contributed by atoms with Gasteiger partial charge in [-0.15, -0.1) is 5.10 Å². The van der Waals surface area contributed by atoms with E-state index in [1.165, 1.54) is 41.1 Å². The van der Waals surface area contributed by atoms with E-state index in [9.17, 15) is 22.8 Å². The number of carbonyl (C=O) groups is 2. The van der Waals surface area contributed by atoms with E-state index in [4.69, 9.17) is 4.74 Å². The molecule has 0 bridgehead atoms. The summed E-state index contributed by atoms with van der Waals surface area (Å²) < 4.78 is 45.1. The molecule has 0 N–H and O–H groups in total. The van der Waals surface area contributed by atoms with Crippen molar-refractivity contribution in [3.05, 3.63) is 47.3 Å². The van der Waals surface area contributed by atoms with Crippen LogP contribution in [0.25, 0.3) is 0 Å². The van der Waals surface area contributed by atoms with E-state index in [0.29, 0.717) is 19.4 Å². The van der Waals surface area contributed by atoms with Crippen LogP contribution < -0.4 is 0 Å². The first-order valence-electron chi connectivity index (χ1n) is 8.25. The summed E-state index contributed by atoms with van der Waals surface area (Å²) in [5.74, 6) is -1.01. The molecule has 1 aromatic carbocycles. The lowest BCUT2D eigenvalue weighted by Gasteiger charge is -2.21. The molecule has 0 spiro atoms. The van der Waals surface area contributed by atoms with E-state index < -0.39 is 29.7 Å². The maximum atomic E-state index is 13.1. The molecule has 7 nitrogen and oxygen atoms in total. The van der Waals surface area contributed by atoms with Crippen molar-refractivity contribution in [2.75, 3.05) is 13.7 Å². The summed E-state index contributed by atoms with van der Waals surface area (Å²) in [6.45, 7) is 0.193. The van der Waals surface area contributed by atoms with E-state index >= 15 is 0 Å². The fraction of sp³-hybridized carbons (Fsp3) is 0.412. The van der Waals surface area contributed by atoms with Crippen LogP contribution in [0, 0.1) is 0 Å². The molecule has 1 aliphatic rings. The molecule has 1 saturated heterocycles. The van der Waals surface area contributed by atoms with Crippen LogP contribution in [0.4, 0.5) is 13.2 Å². The van der Waals surface area contributed by atoms with Crippen molar-refractivity contribution >= 4 is 11.9 Å². The molecule has 0 saturated carbocycles. The van der Waals surface area contributed by atoms with Crippen molar-refractivity contribution in [3.63, 3.8) is 0 Å². The quantitative estimate of drug-likeness (QED) is 0.757. The average molecular weight is 382 g/mol. The Morgan fingerprint density at radius 2 is 2.04 bits per heavy atom. The zero-order valence-corrected chi connectivity index (χ0v) is 14.4. The minimum Gasteiger partial charge on any atom is -0.467 e. The molecule has 144 valence electrons. The number of amides is 1. The van der Waals surface area contributed by atoms with Crippen LogP contribution in [0.2, 0.25) is 0 Å². The Balaban J connectivity index is 1.78. The molecule has 1 fully saturated rings. The van der Waals surface area contributed by atoms with E-state index in [1.54, 1.807) is 0 Å². The second-order valence-electron chi connectivity index (χ2n) is 6.14. The normalized spacial score (nSPS) is 17.2. The van der Waals surface area contributed by atoms with Crippen LogP contribution in [0.3, 0.4) is 0 Å². The number of hydrogen-bond donors (Lipinski definition) is 0. The monoisotopic (exact) mass is 382 g/mol. The number of methoxy groups -OCH3 is 1. The summed E-state index contributed by atoms with van der Waals surface area (Å²) in [6, 6.07) is 4.46. The standard InChI is InChI=1S/C17H17F3N4O3/c1-27-16(26)14-7-4-8-24(14)15(25)13-10-23(22-21-13)9-11-5-2-3-6-12(11)17(18,19)20/h2-3,5-6,10,14H,4,7-9H2,1H3/t14-/m0/s1. The minimum atomic E-state index is -4.49. The molecule has 1 atom stereocenters. The molecule has 0 aliphatic carbocycles. The zero-order chi connectivity index (χ0) is 19.6. The number of nitrogens with zero attached hydrogens (tertiary/aromatic N) is 4. The van der Waals surface area contributed by atoms with Crippen LogP contribution >= 0.6 is 0 Å². The number of rotatable bonds is 4. The van der Waals surface area contributed by atoms with Crippen LogP contribution in [0.5, 0.6) is 0 Å². The van der Waals surface area contributed by atoms with Gasteiger partial charge in [0.05, 0.1) is 25.4 Å². The predicted octanol–water partition coefficient (Wildman–Crippen LogP) is 2.12. The van der Waals surface area contributed by atoms with Crippen molar-refractivity contribution in [1.29, 1.82) is 0 Å². The Hall–Kier alpha value is -2.91. The minimum absolute atomic E-state index is 0.0162. The van der Waals surface area contributed by atoms with Crippen molar-refractivity contribution in [2.24, 2.45) is 0 Å². The molecular weight excluding hydrogens is 365 g/mol. The summed E-state index contributed by atoms with van der Waals surface area (Å²) in [4.78, 5) is 25.7. The predicted molar refractivity (Wildman–Crippen MR) is 86.6 cm³/mol. The van der Waals surface area contributed by atoms with Gasteiger partial charge in [-0.05, 0) is 24.5 Å². The Bertz CT molecular complexity index is 850. The van der Waals surface area contributed by atoms with Gasteiger partial charge in [0.2, 0.25) is 0 Å². The van der Waals surface area contributed by atoms with Crippen molar-refractivity contribution < 1.29 is 27.5 Å². The van der Waals surface area contributed by atoms with Gasteiger partial charge in [0.25, 0.3) is 5.91 Å². The summed E-state index contributed by atoms with van der Waals surface area (Å²) in [6.07, 6.45) is -2.06. The fourth-order valence-corrected chi connectivity index (χ4v) is 3.12. The molecule has 2 aromatic rings. The Labute approximate surface area is 152 Å². The highest BCUT2D eigenvalue weighted by Gasteiger charge is 2.36. The third kappa shape index (κ3) is 3.93. The highest BCUT2D eigenvalue weighted by atomic mass is 19.4. The first-order chi connectivity index (χ1) is 12.8. The Morgan fingerprint density at radius 1 is 1.30 bits per heavy atom. The molecular formula is C17H17F3N4O3. The maximum absolute atomic E-state index is 13.1. The Kier molecular flexibility index (Phi) is 5.15. The lowest BCUT2D eigenvalue weighted by Crippen LogP contribution is -2.41. The second kappa shape index (κ2) is 7.37. The molecule has 1 aliphatic heterocycles. The Morgan fingerprint density at radius 3 is 2.74 bits per heavy atom. The molecule has 2 heterocycles. The SMILES string of the molecule is COC(=O)[C@@H]1CCCN1C(=O)c1cn(Cc2ccccc2C(F)(F)F)nn1. The summed E-state index contributed by atoms with van der Waals surface area (Å²) in [5.41, 5.74) is -0.781. The number of alkyl halides is 3. The van der Waals surface area contributed by atoms with Gasteiger partial charge >= 0.3 is 12.1 Å². The van der Waals surface area contributed by atoms with Gasteiger partial charge < -0.3 is 9.64 Å². The largest absolute Gasteiger partial charge is 0.467 e. The lowest BCUT2D eigenvalue weighted by molar-refractivity contribution is -0.145. The molecule has 1 amide bonds. The second-order valence-corrected chi connectivity index (χ2v) is 6.14. The first kappa shape index (κ1) is 18.9. The fourth-order valence-electron chi connectivity index (χ4n) is 3.12. The third-order valence-corrected chi connectivity index (χ3v) is 4.40. The molecule has 1 aromatic heterocycles. The highest BCUT2D eigenvalue weighted by Crippen LogP contribution is 2.32. The van der Waals surface area contributed by atoms with Gasteiger partial charge in [-0.2, -0.15) is 13.2 Å². The number of ether oxygens (including phenoxy) is 1. The van der Waals surface area contributed by atoms with Gasteiger partial charge in [0.15, 0.2) is 5.69 Å². The number of esters is 1. The van der Waals surface area contributed by atoms with E-state index in [2.05, 4.69) is 10.3 Å². The number of carbonyl (C=O) groups excluding carboxylic acids is 2. The number of halogens is 3. The van der Waals surface area contributed by atoms with E-state index in [-0.39, 0.29) is 17.8 Å². The van der Waals surface area contributed by atoms with E-state index in [1.807, 2.05) is 0 Å². The van der Waals surface area contributed by atoms with Crippen molar-refractivity contribution in [1.82, 2.24) is 19.9 Å². The van der Waals surface area contributed by atoms with E-state index in [0.717, 1.165) is 6.07 Å². The number of benzene rings is 1. The molecule has 0 radical (unpaired) electrons. The third-order valence-electron chi connectivity index (χ3n) is 4.40. The van der Waals surface area contributed by atoms with Gasteiger partial charge in [-0.25, -0.2) is 9.48 Å². The summed E-state index contributed by atoms with van der Waals surface area (Å²) >= 11 is 0. The summed E-state index contributed by atoms with van der Waals surface area (Å²) in [5, 5.41) is 7.51. The number of hydrogen-bond acceptors (Lipinski definition) is 5. The van der Waals surface area contributed by atoms with Gasteiger partial charge in [-0.1, -0.05) is 23.4 Å². The van der Waals surface area contributed by atoms with Crippen molar-refractivity contribution in [2.45, 2.75) is 31.6 Å². The molecule has 3 rings (SSSR count). The van der Waals surface area contributed by atoms with Crippen LogP contribution in [-0.4, -0.2) is 51.5 Å². The maximum Gasteiger partial charge on any atom is 0.416 e. The molecule has 0 unspecified atom stereocenters. The van der Waals surface area contributed by atoms with Crippen LogP contribution in [0.1, 0.15) is 34.5 Å². The first-order valence-corrected chi connectivity index (χ1v) is 8.25. The highest BCUT2D eigenvalue weighted by molar-refractivity contribution is 5.95. The smallest absolute Gasteiger partial charge is 0.416 e. The van der Waals surface area contributed by atoms with Crippen molar-refractivity contribution in [3.8, 4) is 0 Å². The average Bonchev–Trinajstić information content (AvgIpc) is 3.29. The van der Waals surface area contributed by atoms with Gasteiger partial charge in [0, 0.05) is 6.54 Å². The number of likely N-dealkylation sites (tertiary alicyclic amines) is 1. The van der Waals surface area contributed by atoms with Gasteiger partial charge in [0.1, 0.15) is 6.04 Å². The van der Waals surface area contributed by atoms with Crippen LogP contribution in [0.15, 0.2) is 30.5 Å². The lowest BCUT2D eigenvalue weighted by atomic mass is 10.1. The molecule has 27 heavy (non-hydrogen) atoms. The van der Waals surface area contributed by atoms with Gasteiger partial charge in [-0.3, -0.25) is 4.79 Å². The summed E-state index contributed by atoms with van der Waals surface area (Å²) in [7, 11) is 1.25. The number of aromatic nitrogens is 3.